The van der Waals surface area contributed by atoms with Crippen molar-refractivity contribution in [2.45, 2.75) is 26.2 Å². The molecule has 10 rings (SSSR count). The average molecular weight is 617 g/mol. The van der Waals surface area contributed by atoms with Gasteiger partial charge in [-0.1, -0.05) is 141 Å². The van der Waals surface area contributed by atoms with Gasteiger partial charge in [0.1, 0.15) is 0 Å². The standard InChI is InChI=1S/C46H32S/c1-27-19-21-31-37-23-24-39-44(45(37)47-41(31)25-27)38-22-20-29(26-40(38)46(39,2)3)42-33-14-6-8-16-35(33)43(36-17-9-7-15-34(36)42)32-18-10-12-28-11-4-5-13-30(28)32/h4-26H,1-3H3. The van der Waals surface area contributed by atoms with Crippen LogP contribution in [-0.2, 0) is 5.41 Å². The first-order valence-electron chi connectivity index (χ1n) is 16.5. The monoisotopic (exact) mass is 616 g/mol. The predicted molar refractivity (Wildman–Crippen MR) is 205 cm³/mol. The van der Waals surface area contributed by atoms with E-state index in [0.717, 1.165) is 0 Å². The third-order valence-electron chi connectivity index (χ3n) is 10.7. The Hall–Kier alpha value is -5.24. The molecule has 0 amide bonds. The molecule has 222 valence electrons. The Morgan fingerprint density at radius 1 is 0.447 bits per heavy atom. The van der Waals surface area contributed by atoms with Crippen LogP contribution < -0.4 is 0 Å². The molecule has 8 aromatic carbocycles. The van der Waals surface area contributed by atoms with Crippen molar-refractivity contribution in [3.8, 4) is 33.4 Å². The van der Waals surface area contributed by atoms with Gasteiger partial charge in [-0.25, -0.2) is 0 Å². The molecule has 1 aromatic heterocycles. The van der Waals surface area contributed by atoms with Crippen molar-refractivity contribution in [2.75, 3.05) is 0 Å². The van der Waals surface area contributed by atoms with E-state index >= 15 is 0 Å². The van der Waals surface area contributed by atoms with Crippen molar-refractivity contribution in [3.63, 3.8) is 0 Å². The molecule has 0 atom stereocenters. The molecular weight excluding hydrogens is 585 g/mol. The Morgan fingerprint density at radius 3 is 1.83 bits per heavy atom. The van der Waals surface area contributed by atoms with Crippen LogP contribution in [0.25, 0.3) is 85.9 Å². The van der Waals surface area contributed by atoms with E-state index in [1.165, 1.54) is 103 Å². The molecule has 0 aliphatic heterocycles. The van der Waals surface area contributed by atoms with Crippen LogP contribution in [-0.4, -0.2) is 0 Å². The lowest BCUT2D eigenvalue weighted by Gasteiger charge is -2.23. The van der Waals surface area contributed by atoms with E-state index in [9.17, 15) is 0 Å². The Balaban J connectivity index is 1.26. The van der Waals surface area contributed by atoms with Crippen molar-refractivity contribution in [3.05, 3.63) is 156 Å². The zero-order valence-electron chi connectivity index (χ0n) is 26.7. The Labute approximate surface area is 278 Å². The molecule has 9 aromatic rings. The van der Waals surface area contributed by atoms with Gasteiger partial charge in [-0.3, -0.25) is 0 Å². The number of benzene rings is 8. The fourth-order valence-corrected chi connectivity index (χ4v) is 9.85. The van der Waals surface area contributed by atoms with Gasteiger partial charge in [-0.15, -0.1) is 11.3 Å². The maximum absolute atomic E-state index is 2.50. The van der Waals surface area contributed by atoms with Crippen LogP contribution in [0.2, 0.25) is 0 Å². The minimum Gasteiger partial charge on any atom is -0.135 e. The van der Waals surface area contributed by atoms with Crippen molar-refractivity contribution in [1.29, 1.82) is 0 Å². The van der Waals surface area contributed by atoms with Crippen molar-refractivity contribution in [1.82, 2.24) is 0 Å². The molecule has 0 N–H and O–H groups in total. The molecule has 0 unspecified atom stereocenters. The lowest BCUT2D eigenvalue weighted by molar-refractivity contribution is 0.661. The molecular formula is C46H32S. The molecule has 0 radical (unpaired) electrons. The summed E-state index contributed by atoms with van der Waals surface area (Å²) in [5.74, 6) is 0. The molecule has 1 aliphatic rings. The fraction of sp³-hybridized carbons (Fsp3) is 0.0870. The van der Waals surface area contributed by atoms with Crippen LogP contribution >= 0.6 is 11.3 Å². The van der Waals surface area contributed by atoms with Crippen LogP contribution in [0.4, 0.5) is 0 Å². The highest BCUT2D eigenvalue weighted by molar-refractivity contribution is 7.26. The second-order valence-electron chi connectivity index (χ2n) is 13.7. The summed E-state index contributed by atoms with van der Waals surface area (Å²) >= 11 is 1.95. The summed E-state index contributed by atoms with van der Waals surface area (Å²) in [6.07, 6.45) is 0. The maximum atomic E-state index is 2.50. The SMILES string of the molecule is Cc1ccc2c(c1)sc1c3c(ccc12)C(C)(C)c1cc(-c2c4ccccc4c(-c4cccc5ccccc45)c4ccccc24)ccc1-3. The molecule has 0 fully saturated rings. The first kappa shape index (κ1) is 26.9. The van der Waals surface area contributed by atoms with Gasteiger partial charge in [0.05, 0.1) is 0 Å². The van der Waals surface area contributed by atoms with E-state index in [1.54, 1.807) is 0 Å². The molecule has 0 saturated carbocycles. The van der Waals surface area contributed by atoms with Gasteiger partial charge < -0.3 is 0 Å². The number of fused-ring (bicyclic) bond motifs is 10. The quantitative estimate of drug-likeness (QED) is 0.170. The highest BCUT2D eigenvalue weighted by atomic mass is 32.1. The number of hydrogen-bond donors (Lipinski definition) is 0. The zero-order chi connectivity index (χ0) is 31.4. The van der Waals surface area contributed by atoms with Crippen LogP contribution in [0.3, 0.4) is 0 Å². The molecule has 47 heavy (non-hydrogen) atoms. The summed E-state index contributed by atoms with van der Waals surface area (Å²) in [7, 11) is 0. The first-order chi connectivity index (χ1) is 23.0. The number of aryl methyl sites for hydroxylation is 1. The lowest BCUT2D eigenvalue weighted by atomic mass is 9.80. The number of rotatable bonds is 2. The summed E-state index contributed by atoms with van der Waals surface area (Å²) in [5, 5.41) is 10.5. The van der Waals surface area contributed by atoms with Gasteiger partial charge in [0.2, 0.25) is 0 Å². The smallest absolute Gasteiger partial charge is 0.0437 e. The minimum atomic E-state index is -0.102. The number of thiophene rings is 1. The van der Waals surface area contributed by atoms with Crippen LogP contribution in [0.5, 0.6) is 0 Å². The summed E-state index contributed by atoms with van der Waals surface area (Å²) in [6.45, 7) is 7.01. The molecule has 1 aliphatic carbocycles. The van der Waals surface area contributed by atoms with Crippen LogP contribution in [0.1, 0.15) is 30.5 Å². The molecule has 0 bridgehead atoms. The average Bonchev–Trinajstić information content (AvgIpc) is 3.58. The largest absolute Gasteiger partial charge is 0.135 e. The summed E-state index contributed by atoms with van der Waals surface area (Å²) in [6, 6.07) is 52.5. The van der Waals surface area contributed by atoms with Crippen molar-refractivity contribution in [2.24, 2.45) is 0 Å². The highest BCUT2D eigenvalue weighted by Crippen LogP contribution is 2.55. The molecule has 1 heteroatoms. The summed E-state index contributed by atoms with van der Waals surface area (Å²) in [5.41, 5.74) is 12.1. The van der Waals surface area contributed by atoms with E-state index in [-0.39, 0.29) is 5.41 Å². The maximum Gasteiger partial charge on any atom is 0.0437 e. The fourth-order valence-electron chi connectivity index (χ4n) is 8.49. The predicted octanol–water partition coefficient (Wildman–Crippen LogP) is 13.5. The minimum absolute atomic E-state index is 0.102. The second kappa shape index (κ2) is 9.64. The van der Waals surface area contributed by atoms with E-state index in [4.69, 9.17) is 0 Å². The van der Waals surface area contributed by atoms with Crippen LogP contribution in [0, 0.1) is 6.92 Å². The van der Waals surface area contributed by atoms with E-state index < -0.39 is 0 Å². The highest BCUT2D eigenvalue weighted by Gasteiger charge is 2.37. The van der Waals surface area contributed by atoms with E-state index in [2.05, 4.69) is 160 Å². The van der Waals surface area contributed by atoms with Gasteiger partial charge in [0.25, 0.3) is 0 Å². The third-order valence-corrected chi connectivity index (χ3v) is 11.9. The van der Waals surface area contributed by atoms with Crippen molar-refractivity contribution >= 4 is 63.8 Å². The van der Waals surface area contributed by atoms with Crippen LogP contribution in [0.15, 0.2) is 140 Å². The van der Waals surface area contributed by atoms with Gasteiger partial charge in [-0.2, -0.15) is 0 Å². The molecule has 0 saturated heterocycles. The van der Waals surface area contributed by atoms with E-state index in [1.807, 2.05) is 11.3 Å². The Morgan fingerprint density at radius 2 is 1.09 bits per heavy atom. The Bertz CT molecular complexity index is 2710. The first-order valence-corrected chi connectivity index (χ1v) is 17.3. The Kier molecular flexibility index (Phi) is 5.52. The second-order valence-corrected chi connectivity index (χ2v) is 14.8. The lowest BCUT2D eigenvalue weighted by Crippen LogP contribution is -2.15. The molecule has 1 heterocycles. The van der Waals surface area contributed by atoms with Gasteiger partial charge in [0, 0.05) is 31.2 Å². The molecule has 0 spiro atoms. The van der Waals surface area contributed by atoms with Gasteiger partial charge >= 0.3 is 0 Å². The van der Waals surface area contributed by atoms with Gasteiger partial charge in [0.15, 0.2) is 0 Å². The third kappa shape index (κ3) is 3.69. The van der Waals surface area contributed by atoms with Gasteiger partial charge in [-0.05, 0) is 95.9 Å². The summed E-state index contributed by atoms with van der Waals surface area (Å²) < 4.78 is 2.79. The molecule has 0 nitrogen and oxygen atoms in total. The summed E-state index contributed by atoms with van der Waals surface area (Å²) in [4.78, 5) is 0. The normalized spacial score (nSPS) is 13.6. The van der Waals surface area contributed by atoms with E-state index in [0.29, 0.717) is 0 Å². The number of hydrogen-bond acceptors (Lipinski definition) is 1. The van der Waals surface area contributed by atoms with Crippen molar-refractivity contribution < 1.29 is 0 Å². The topological polar surface area (TPSA) is 0 Å². The zero-order valence-corrected chi connectivity index (χ0v) is 27.5.